The van der Waals surface area contributed by atoms with Crippen LogP contribution in [0.5, 0.6) is 0 Å². The van der Waals surface area contributed by atoms with Gasteiger partial charge in [-0.05, 0) is 61.4 Å². The second kappa shape index (κ2) is 6.96. The van der Waals surface area contributed by atoms with Gasteiger partial charge in [0.05, 0.1) is 17.5 Å². The van der Waals surface area contributed by atoms with Crippen LogP contribution in [0.3, 0.4) is 0 Å². The van der Waals surface area contributed by atoms with Crippen LogP contribution in [0.25, 0.3) is 10.2 Å². The number of hydrogen-bond donors (Lipinski definition) is 0. The molecule has 2 aromatic heterocycles. The molecule has 2 heterocycles. The highest BCUT2D eigenvalue weighted by Crippen LogP contribution is 2.32. The number of carbonyl (C=O) groups is 1. The third kappa shape index (κ3) is 3.36. The Balaban J connectivity index is 1.79. The zero-order chi connectivity index (χ0) is 19.0. The van der Waals surface area contributed by atoms with Gasteiger partial charge in [0.15, 0.2) is 5.13 Å². The molecule has 0 radical (unpaired) electrons. The number of carbonyl (C=O) groups excluding carboxylic acids is 1. The van der Waals surface area contributed by atoms with Crippen molar-refractivity contribution in [1.82, 2.24) is 4.98 Å². The molecule has 1 amide bonds. The van der Waals surface area contributed by atoms with Crippen LogP contribution in [0.15, 0.2) is 59.2 Å². The number of aryl methyl sites for hydroxylation is 2. The molecular formula is C21H17FN2O2S. The van der Waals surface area contributed by atoms with Crippen molar-refractivity contribution in [2.45, 2.75) is 20.4 Å². The predicted molar refractivity (Wildman–Crippen MR) is 105 cm³/mol. The maximum Gasteiger partial charge on any atom is 0.260 e. The molecule has 0 bridgehead atoms. The molecule has 136 valence electrons. The van der Waals surface area contributed by atoms with Crippen molar-refractivity contribution >= 4 is 32.6 Å². The van der Waals surface area contributed by atoms with Crippen LogP contribution in [-0.4, -0.2) is 10.9 Å². The van der Waals surface area contributed by atoms with Crippen LogP contribution in [0.4, 0.5) is 9.52 Å². The van der Waals surface area contributed by atoms with Gasteiger partial charge >= 0.3 is 0 Å². The first-order chi connectivity index (χ1) is 13.0. The van der Waals surface area contributed by atoms with E-state index >= 15 is 0 Å². The molecule has 4 rings (SSSR count). The van der Waals surface area contributed by atoms with Gasteiger partial charge < -0.3 is 4.42 Å². The van der Waals surface area contributed by atoms with E-state index in [1.807, 2.05) is 26.0 Å². The van der Waals surface area contributed by atoms with E-state index in [-0.39, 0.29) is 18.0 Å². The van der Waals surface area contributed by atoms with Gasteiger partial charge in [-0.1, -0.05) is 23.5 Å². The van der Waals surface area contributed by atoms with Crippen LogP contribution in [-0.2, 0) is 6.54 Å². The van der Waals surface area contributed by atoms with Crippen LogP contribution in [0.1, 0.15) is 27.2 Å². The Morgan fingerprint density at radius 3 is 2.70 bits per heavy atom. The molecule has 2 aromatic carbocycles. The number of fused-ring (bicyclic) bond motifs is 1. The fraction of sp³-hybridized carbons (Fsp3) is 0.143. The van der Waals surface area contributed by atoms with E-state index < -0.39 is 5.82 Å². The Kier molecular flexibility index (Phi) is 4.49. The topological polar surface area (TPSA) is 46.3 Å². The number of amides is 1. The number of furan rings is 1. The quantitative estimate of drug-likeness (QED) is 0.470. The van der Waals surface area contributed by atoms with E-state index in [2.05, 4.69) is 4.98 Å². The summed E-state index contributed by atoms with van der Waals surface area (Å²) in [6, 6.07) is 14.0. The standard InChI is InChI=1S/C21H17FN2O2S/c1-13-8-9-15(11-14(13)2)20(25)24(12-16-5-4-10-26-16)21-23-19-17(22)6-3-7-18(19)27-21/h3-11H,12H2,1-2H3. The fourth-order valence-electron chi connectivity index (χ4n) is 2.83. The Hall–Kier alpha value is -2.99. The lowest BCUT2D eigenvalue weighted by molar-refractivity contribution is 0.0983. The summed E-state index contributed by atoms with van der Waals surface area (Å²) in [5.41, 5.74) is 2.99. The summed E-state index contributed by atoms with van der Waals surface area (Å²) in [6.07, 6.45) is 1.56. The molecule has 0 spiro atoms. The lowest BCUT2D eigenvalue weighted by atomic mass is 10.1. The minimum absolute atomic E-state index is 0.200. The number of benzene rings is 2. The predicted octanol–water partition coefficient (Wildman–Crippen LogP) is 5.49. The van der Waals surface area contributed by atoms with Crippen molar-refractivity contribution in [3.8, 4) is 0 Å². The van der Waals surface area contributed by atoms with Crippen LogP contribution >= 0.6 is 11.3 Å². The monoisotopic (exact) mass is 380 g/mol. The Morgan fingerprint density at radius 1 is 1.15 bits per heavy atom. The van der Waals surface area contributed by atoms with Crippen molar-refractivity contribution in [3.63, 3.8) is 0 Å². The second-order valence-corrected chi connectivity index (χ2v) is 7.36. The number of hydrogen-bond acceptors (Lipinski definition) is 4. The normalized spacial score (nSPS) is 11.1. The first kappa shape index (κ1) is 17.4. The summed E-state index contributed by atoms with van der Waals surface area (Å²) < 4.78 is 20.2. The molecule has 0 atom stereocenters. The van der Waals surface area contributed by atoms with Crippen molar-refractivity contribution < 1.29 is 13.6 Å². The van der Waals surface area contributed by atoms with Crippen molar-refractivity contribution in [2.24, 2.45) is 0 Å². The molecule has 0 saturated heterocycles. The van der Waals surface area contributed by atoms with E-state index in [4.69, 9.17) is 4.42 Å². The minimum Gasteiger partial charge on any atom is -0.467 e. The van der Waals surface area contributed by atoms with Gasteiger partial charge in [0.25, 0.3) is 5.91 Å². The number of halogens is 1. The summed E-state index contributed by atoms with van der Waals surface area (Å²) in [5.74, 6) is 0.0347. The highest BCUT2D eigenvalue weighted by Gasteiger charge is 2.23. The molecular weight excluding hydrogens is 363 g/mol. The van der Waals surface area contributed by atoms with Crippen molar-refractivity contribution in [3.05, 3.63) is 83.1 Å². The van der Waals surface area contributed by atoms with E-state index in [9.17, 15) is 9.18 Å². The number of thiazole rings is 1. The van der Waals surface area contributed by atoms with Gasteiger partial charge in [-0.3, -0.25) is 9.69 Å². The van der Waals surface area contributed by atoms with E-state index in [1.165, 1.54) is 22.3 Å². The average Bonchev–Trinajstić information content (AvgIpc) is 3.31. The fourth-order valence-corrected chi connectivity index (χ4v) is 3.81. The highest BCUT2D eigenvalue weighted by molar-refractivity contribution is 7.22. The Morgan fingerprint density at radius 2 is 2.00 bits per heavy atom. The SMILES string of the molecule is Cc1ccc(C(=O)N(Cc2ccco2)c2nc3c(F)cccc3s2)cc1C. The number of nitrogens with zero attached hydrogens (tertiary/aromatic N) is 2. The first-order valence-electron chi connectivity index (χ1n) is 8.49. The van der Waals surface area contributed by atoms with E-state index in [1.54, 1.807) is 36.6 Å². The zero-order valence-electron chi connectivity index (χ0n) is 14.9. The number of rotatable bonds is 4. The van der Waals surface area contributed by atoms with Crippen molar-refractivity contribution in [2.75, 3.05) is 4.90 Å². The molecule has 4 nitrogen and oxygen atoms in total. The molecule has 0 saturated carbocycles. The van der Waals surface area contributed by atoms with Crippen molar-refractivity contribution in [1.29, 1.82) is 0 Å². The number of anilines is 1. The van der Waals surface area contributed by atoms with Crippen LogP contribution in [0.2, 0.25) is 0 Å². The Bertz CT molecular complexity index is 1120. The van der Waals surface area contributed by atoms with Gasteiger partial charge in [-0.15, -0.1) is 0 Å². The largest absolute Gasteiger partial charge is 0.467 e. The smallest absolute Gasteiger partial charge is 0.260 e. The van der Waals surface area contributed by atoms with Gasteiger partial charge in [0.1, 0.15) is 17.1 Å². The molecule has 6 heteroatoms. The maximum absolute atomic E-state index is 14.1. The molecule has 27 heavy (non-hydrogen) atoms. The van der Waals surface area contributed by atoms with Gasteiger partial charge in [0.2, 0.25) is 0 Å². The lowest BCUT2D eigenvalue weighted by Gasteiger charge is -2.19. The first-order valence-corrected chi connectivity index (χ1v) is 9.31. The molecule has 0 unspecified atom stereocenters. The molecule has 0 N–H and O–H groups in total. The van der Waals surface area contributed by atoms with E-state index in [0.717, 1.165) is 11.1 Å². The molecule has 0 aliphatic rings. The minimum atomic E-state index is -0.397. The Labute approximate surface area is 159 Å². The van der Waals surface area contributed by atoms with Gasteiger partial charge in [-0.25, -0.2) is 9.37 Å². The summed E-state index contributed by atoms with van der Waals surface area (Å²) >= 11 is 1.28. The third-order valence-electron chi connectivity index (χ3n) is 4.48. The second-order valence-electron chi connectivity index (χ2n) is 6.35. The van der Waals surface area contributed by atoms with Crippen LogP contribution < -0.4 is 4.90 Å². The lowest BCUT2D eigenvalue weighted by Crippen LogP contribution is -2.30. The molecule has 0 fully saturated rings. The van der Waals surface area contributed by atoms with Gasteiger partial charge in [-0.2, -0.15) is 0 Å². The maximum atomic E-state index is 14.1. The summed E-state index contributed by atoms with van der Waals surface area (Å²) in [4.78, 5) is 19.2. The summed E-state index contributed by atoms with van der Waals surface area (Å²) in [7, 11) is 0. The van der Waals surface area contributed by atoms with E-state index in [0.29, 0.717) is 21.2 Å². The van der Waals surface area contributed by atoms with Crippen LogP contribution in [0, 0.1) is 19.7 Å². The molecule has 0 aliphatic carbocycles. The average molecular weight is 380 g/mol. The number of aromatic nitrogens is 1. The third-order valence-corrected chi connectivity index (χ3v) is 5.53. The zero-order valence-corrected chi connectivity index (χ0v) is 15.7. The number of para-hydroxylation sites is 1. The van der Waals surface area contributed by atoms with Gasteiger partial charge in [0, 0.05) is 5.56 Å². The molecule has 4 aromatic rings. The molecule has 0 aliphatic heterocycles. The highest BCUT2D eigenvalue weighted by atomic mass is 32.1. The summed E-state index contributed by atoms with van der Waals surface area (Å²) in [6.45, 7) is 4.19. The summed E-state index contributed by atoms with van der Waals surface area (Å²) in [5, 5.41) is 0.440.